The van der Waals surface area contributed by atoms with Crippen LogP contribution in [0.25, 0.3) is 17.1 Å². The molecule has 1 amide bonds. The highest BCUT2D eigenvalue weighted by atomic mass is 32.2. The van der Waals surface area contributed by atoms with E-state index < -0.39 is 12.0 Å². The molecule has 1 aromatic carbocycles. The molecule has 0 radical (unpaired) electrons. The van der Waals surface area contributed by atoms with E-state index in [9.17, 15) is 14.7 Å². The number of carbonyl (C=O) groups is 2. The Bertz CT molecular complexity index is 933. The van der Waals surface area contributed by atoms with Crippen molar-refractivity contribution in [3.05, 3.63) is 35.0 Å². The zero-order valence-corrected chi connectivity index (χ0v) is 16.3. The Hall–Kier alpha value is -2.19. The van der Waals surface area contributed by atoms with Crippen molar-refractivity contribution in [2.24, 2.45) is 13.0 Å². The number of hydrogen-bond donors (Lipinski definition) is 1. The van der Waals surface area contributed by atoms with Crippen molar-refractivity contribution in [3.8, 4) is 0 Å². The number of hydrogen-bond acceptors (Lipinski definition) is 5. The van der Waals surface area contributed by atoms with Gasteiger partial charge in [-0.15, -0.1) is 0 Å². The van der Waals surface area contributed by atoms with Crippen molar-refractivity contribution in [1.82, 2.24) is 14.5 Å². The third kappa shape index (κ3) is 3.39. The summed E-state index contributed by atoms with van der Waals surface area (Å²) in [6.45, 7) is 3.84. The number of rotatable bonds is 5. The first-order chi connectivity index (χ1) is 12.3. The molecule has 136 valence electrons. The van der Waals surface area contributed by atoms with E-state index in [4.69, 9.17) is 12.2 Å². The van der Waals surface area contributed by atoms with Gasteiger partial charge in [0.15, 0.2) is 0 Å². The molecule has 1 fully saturated rings. The molecule has 0 saturated carbocycles. The Morgan fingerprint density at radius 3 is 2.69 bits per heavy atom. The van der Waals surface area contributed by atoms with Gasteiger partial charge in [-0.05, 0) is 24.5 Å². The van der Waals surface area contributed by atoms with Crippen molar-refractivity contribution in [3.63, 3.8) is 0 Å². The molecule has 0 bridgehead atoms. The van der Waals surface area contributed by atoms with E-state index >= 15 is 0 Å². The number of fused-ring (bicyclic) bond motifs is 1. The molecule has 1 aliphatic rings. The van der Waals surface area contributed by atoms with E-state index in [2.05, 4.69) is 4.98 Å². The topological polar surface area (TPSA) is 75.4 Å². The Morgan fingerprint density at radius 1 is 1.38 bits per heavy atom. The van der Waals surface area contributed by atoms with E-state index in [0.29, 0.717) is 17.2 Å². The number of carboxylic acids is 1. The lowest BCUT2D eigenvalue weighted by Gasteiger charge is -2.24. The van der Waals surface area contributed by atoms with Crippen LogP contribution in [0.2, 0.25) is 0 Å². The molecule has 2 heterocycles. The molecular weight excluding hydrogens is 370 g/mol. The summed E-state index contributed by atoms with van der Waals surface area (Å²) in [7, 11) is 1.88. The Morgan fingerprint density at radius 2 is 2.08 bits per heavy atom. The van der Waals surface area contributed by atoms with Crippen LogP contribution in [-0.2, 0) is 16.6 Å². The molecule has 8 heteroatoms. The fourth-order valence-corrected chi connectivity index (χ4v) is 4.25. The lowest BCUT2D eigenvalue weighted by atomic mass is 10.0. The van der Waals surface area contributed by atoms with Crippen LogP contribution in [-0.4, -0.2) is 41.8 Å². The summed E-state index contributed by atoms with van der Waals surface area (Å²) in [4.78, 5) is 30.6. The van der Waals surface area contributed by atoms with Crippen molar-refractivity contribution >= 4 is 57.3 Å². The number of amides is 1. The number of carboxylic acid groups (broad SMARTS) is 1. The molecule has 0 spiro atoms. The van der Waals surface area contributed by atoms with Gasteiger partial charge in [-0.2, -0.15) is 0 Å². The lowest BCUT2D eigenvalue weighted by molar-refractivity contribution is -0.145. The third-order valence-corrected chi connectivity index (χ3v) is 5.53. The number of nitrogens with zero attached hydrogens (tertiary/aromatic N) is 3. The van der Waals surface area contributed by atoms with Crippen LogP contribution >= 0.6 is 24.0 Å². The molecule has 1 atom stereocenters. The second-order valence-corrected chi connectivity index (χ2v) is 8.23. The van der Waals surface area contributed by atoms with Gasteiger partial charge >= 0.3 is 5.97 Å². The maximum atomic E-state index is 12.8. The van der Waals surface area contributed by atoms with E-state index in [1.807, 2.05) is 49.7 Å². The average Bonchev–Trinajstić information content (AvgIpc) is 3.03. The van der Waals surface area contributed by atoms with Gasteiger partial charge in [-0.3, -0.25) is 9.69 Å². The number of para-hydroxylation sites is 2. The quantitative estimate of drug-likeness (QED) is 0.625. The monoisotopic (exact) mass is 389 g/mol. The van der Waals surface area contributed by atoms with E-state index in [1.165, 1.54) is 4.90 Å². The van der Waals surface area contributed by atoms with E-state index in [0.717, 1.165) is 22.8 Å². The fourth-order valence-electron chi connectivity index (χ4n) is 2.92. The van der Waals surface area contributed by atoms with Crippen LogP contribution < -0.4 is 0 Å². The molecular formula is C18H19N3O3S2. The van der Waals surface area contributed by atoms with Crippen LogP contribution in [0.1, 0.15) is 26.1 Å². The van der Waals surface area contributed by atoms with Gasteiger partial charge in [-0.25, -0.2) is 9.78 Å². The summed E-state index contributed by atoms with van der Waals surface area (Å²) < 4.78 is 2.16. The van der Waals surface area contributed by atoms with Crippen LogP contribution in [0, 0.1) is 5.92 Å². The predicted molar refractivity (Wildman–Crippen MR) is 107 cm³/mol. The maximum absolute atomic E-state index is 12.8. The zero-order valence-electron chi connectivity index (χ0n) is 14.7. The van der Waals surface area contributed by atoms with Crippen molar-refractivity contribution in [1.29, 1.82) is 0 Å². The highest BCUT2D eigenvalue weighted by Gasteiger charge is 2.40. The minimum absolute atomic E-state index is 0.129. The van der Waals surface area contributed by atoms with E-state index in [1.54, 1.807) is 6.08 Å². The SMILES string of the molecule is CC(C)CC(C(=O)O)N1C(=O)C(=Cc2nc3ccccc3n2C)SC1=S. The molecule has 1 aromatic heterocycles. The number of thioether (sulfide) groups is 1. The molecule has 26 heavy (non-hydrogen) atoms. The fraction of sp³-hybridized carbons (Fsp3) is 0.333. The predicted octanol–water partition coefficient (Wildman–Crippen LogP) is 3.27. The normalized spacial score (nSPS) is 17.7. The number of imidazole rings is 1. The molecule has 6 nitrogen and oxygen atoms in total. The van der Waals surface area contributed by atoms with Gasteiger partial charge in [0.05, 0.1) is 15.9 Å². The standard InChI is InChI=1S/C18H19N3O3S2/c1-10(2)8-13(17(23)24)21-16(22)14(26-18(21)25)9-15-19-11-6-4-5-7-12(11)20(15)3/h4-7,9-10,13H,8H2,1-3H3,(H,23,24). The Labute approximate surface area is 160 Å². The summed E-state index contributed by atoms with van der Waals surface area (Å²) in [5.41, 5.74) is 1.79. The summed E-state index contributed by atoms with van der Waals surface area (Å²) >= 11 is 6.41. The first-order valence-corrected chi connectivity index (χ1v) is 9.43. The minimum atomic E-state index is -1.04. The third-order valence-electron chi connectivity index (χ3n) is 4.20. The molecule has 1 N–H and O–H groups in total. The largest absolute Gasteiger partial charge is 0.480 e. The second kappa shape index (κ2) is 7.20. The first-order valence-electron chi connectivity index (χ1n) is 8.21. The number of aryl methyl sites for hydroxylation is 1. The molecule has 1 saturated heterocycles. The Kier molecular flexibility index (Phi) is 5.15. The number of benzene rings is 1. The van der Waals surface area contributed by atoms with Gasteiger partial charge in [-0.1, -0.05) is 50.0 Å². The number of thiocarbonyl (C=S) groups is 1. The smallest absolute Gasteiger partial charge is 0.326 e. The summed E-state index contributed by atoms with van der Waals surface area (Å²) in [5.74, 6) is -0.661. The van der Waals surface area contributed by atoms with Crippen molar-refractivity contribution < 1.29 is 14.7 Å². The van der Waals surface area contributed by atoms with Gasteiger partial charge < -0.3 is 9.67 Å². The number of aromatic nitrogens is 2. The van der Waals surface area contributed by atoms with Gasteiger partial charge in [0.25, 0.3) is 5.91 Å². The van der Waals surface area contributed by atoms with Gasteiger partial charge in [0, 0.05) is 13.1 Å². The van der Waals surface area contributed by atoms with Gasteiger partial charge in [0.2, 0.25) is 0 Å². The first kappa shape index (κ1) is 18.6. The van der Waals surface area contributed by atoms with Crippen LogP contribution in [0.5, 0.6) is 0 Å². The van der Waals surface area contributed by atoms with Crippen molar-refractivity contribution in [2.45, 2.75) is 26.3 Å². The lowest BCUT2D eigenvalue weighted by Crippen LogP contribution is -2.44. The molecule has 2 aromatic rings. The molecule has 3 rings (SSSR count). The van der Waals surface area contributed by atoms with Crippen LogP contribution in [0.4, 0.5) is 0 Å². The Balaban J connectivity index is 1.96. The molecule has 1 unspecified atom stereocenters. The van der Waals surface area contributed by atoms with Crippen molar-refractivity contribution in [2.75, 3.05) is 0 Å². The summed E-state index contributed by atoms with van der Waals surface area (Å²) in [6, 6.07) is 6.74. The van der Waals surface area contributed by atoms with Crippen LogP contribution in [0.15, 0.2) is 29.2 Å². The molecule has 1 aliphatic heterocycles. The zero-order chi connectivity index (χ0) is 19.0. The highest BCUT2D eigenvalue weighted by molar-refractivity contribution is 8.26. The minimum Gasteiger partial charge on any atom is -0.480 e. The summed E-state index contributed by atoms with van der Waals surface area (Å²) in [6.07, 6.45) is 2.02. The molecule has 0 aliphatic carbocycles. The van der Waals surface area contributed by atoms with E-state index in [-0.39, 0.29) is 16.1 Å². The maximum Gasteiger partial charge on any atom is 0.326 e. The van der Waals surface area contributed by atoms with Gasteiger partial charge in [0.1, 0.15) is 16.2 Å². The second-order valence-electron chi connectivity index (χ2n) is 6.55. The average molecular weight is 390 g/mol. The highest BCUT2D eigenvalue weighted by Crippen LogP contribution is 2.35. The summed E-state index contributed by atoms with van der Waals surface area (Å²) in [5, 5.41) is 9.53. The number of carbonyl (C=O) groups excluding carboxylic acids is 1. The van der Waals surface area contributed by atoms with Crippen LogP contribution in [0.3, 0.4) is 0 Å². The number of aliphatic carboxylic acids is 1.